The van der Waals surface area contributed by atoms with Gasteiger partial charge >= 0.3 is 5.97 Å². The van der Waals surface area contributed by atoms with E-state index in [-0.39, 0.29) is 5.69 Å². The molecule has 0 aliphatic carbocycles. The molecule has 0 atom stereocenters. The molecule has 0 aliphatic rings. The summed E-state index contributed by atoms with van der Waals surface area (Å²) in [7, 11) is 0. The Labute approximate surface area is 129 Å². The van der Waals surface area contributed by atoms with Crippen LogP contribution >= 0.6 is 0 Å². The number of carbonyl (C=O) groups excluding carboxylic acids is 1. The number of H-pyrrole nitrogens is 1. The predicted molar refractivity (Wildman–Crippen MR) is 82.7 cm³/mol. The van der Waals surface area contributed by atoms with Crippen molar-refractivity contribution in [3.05, 3.63) is 30.0 Å². The van der Waals surface area contributed by atoms with Crippen LogP contribution < -0.4 is 4.74 Å². The zero-order valence-electron chi connectivity index (χ0n) is 13.1. The highest BCUT2D eigenvalue weighted by Gasteiger charge is 2.19. The van der Waals surface area contributed by atoms with Gasteiger partial charge in [0, 0.05) is 5.56 Å². The van der Waals surface area contributed by atoms with E-state index in [1.54, 1.807) is 6.92 Å². The fourth-order valence-electron chi connectivity index (χ4n) is 1.92. The number of hydrogen-bond acceptors (Lipinski definition) is 5. The van der Waals surface area contributed by atoms with Crippen LogP contribution in [0.1, 0.15) is 37.7 Å². The Bertz CT molecular complexity index is 623. The van der Waals surface area contributed by atoms with Gasteiger partial charge in [0.05, 0.1) is 13.2 Å². The average molecular weight is 303 g/mol. The molecule has 22 heavy (non-hydrogen) atoms. The Morgan fingerprint density at radius 2 is 2.14 bits per heavy atom. The van der Waals surface area contributed by atoms with E-state index in [2.05, 4.69) is 29.3 Å². The van der Waals surface area contributed by atoms with Gasteiger partial charge in [-0.15, -0.1) is 5.10 Å². The Balaban J connectivity index is 2.16. The van der Waals surface area contributed by atoms with Gasteiger partial charge in [-0.1, -0.05) is 26.0 Å². The van der Waals surface area contributed by atoms with Crippen LogP contribution in [0.25, 0.3) is 11.3 Å². The SMILES string of the molecule is CCOC(=O)c1n[nH]nc1-c1cccc(OCCC(C)C)c1. The first kappa shape index (κ1) is 16.0. The maximum absolute atomic E-state index is 11.9. The van der Waals surface area contributed by atoms with Gasteiger partial charge in [0.1, 0.15) is 11.4 Å². The molecule has 0 unspecified atom stereocenters. The molecule has 1 aromatic carbocycles. The molecule has 0 radical (unpaired) electrons. The molecule has 0 spiro atoms. The van der Waals surface area contributed by atoms with Crippen molar-refractivity contribution >= 4 is 5.97 Å². The highest BCUT2D eigenvalue weighted by atomic mass is 16.5. The van der Waals surface area contributed by atoms with Gasteiger partial charge < -0.3 is 9.47 Å². The number of rotatable bonds is 7. The van der Waals surface area contributed by atoms with Crippen LogP contribution in [0.5, 0.6) is 5.75 Å². The second-order valence-corrected chi connectivity index (χ2v) is 5.30. The predicted octanol–water partition coefficient (Wildman–Crippen LogP) is 3.07. The monoisotopic (exact) mass is 303 g/mol. The minimum absolute atomic E-state index is 0.182. The van der Waals surface area contributed by atoms with Gasteiger partial charge in [0.2, 0.25) is 0 Å². The van der Waals surface area contributed by atoms with Crippen molar-refractivity contribution in [1.82, 2.24) is 15.4 Å². The van der Waals surface area contributed by atoms with E-state index in [1.807, 2.05) is 24.3 Å². The smallest absolute Gasteiger partial charge is 0.361 e. The molecule has 6 heteroatoms. The Hall–Kier alpha value is -2.37. The minimum atomic E-state index is -0.489. The number of aromatic nitrogens is 3. The van der Waals surface area contributed by atoms with Crippen molar-refractivity contribution < 1.29 is 14.3 Å². The molecule has 0 amide bonds. The number of aromatic amines is 1. The molecule has 2 aromatic rings. The van der Waals surface area contributed by atoms with Crippen molar-refractivity contribution in [2.24, 2.45) is 5.92 Å². The first-order valence-electron chi connectivity index (χ1n) is 7.43. The van der Waals surface area contributed by atoms with E-state index in [1.165, 1.54) is 0 Å². The Morgan fingerprint density at radius 1 is 1.32 bits per heavy atom. The third-order valence-electron chi connectivity index (χ3n) is 3.09. The van der Waals surface area contributed by atoms with Crippen LogP contribution in [0.2, 0.25) is 0 Å². The van der Waals surface area contributed by atoms with E-state index in [0.717, 1.165) is 17.7 Å². The third kappa shape index (κ3) is 4.07. The average Bonchev–Trinajstić information content (AvgIpc) is 2.97. The fourth-order valence-corrected chi connectivity index (χ4v) is 1.92. The quantitative estimate of drug-likeness (QED) is 0.795. The van der Waals surface area contributed by atoms with Crippen molar-refractivity contribution in [3.8, 4) is 17.0 Å². The van der Waals surface area contributed by atoms with E-state index in [0.29, 0.717) is 24.8 Å². The largest absolute Gasteiger partial charge is 0.494 e. The van der Waals surface area contributed by atoms with Crippen LogP contribution in [-0.2, 0) is 4.74 Å². The number of nitrogens with zero attached hydrogens (tertiary/aromatic N) is 2. The highest BCUT2D eigenvalue weighted by molar-refractivity contribution is 5.93. The summed E-state index contributed by atoms with van der Waals surface area (Å²) >= 11 is 0. The lowest BCUT2D eigenvalue weighted by Crippen LogP contribution is -2.07. The number of benzene rings is 1. The fraction of sp³-hybridized carbons (Fsp3) is 0.438. The summed E-state index contributed by atoms with van der Waals surface area (Å²) < 4.78 is 10.7. The molecule has 0 aliphatic heterocycles. The number of hydrogen-bond donors (Lipinski definition) is 1. The maximum atomic E-state index is 11.9. The molecule has 1 N–H and O–H groups in total. The topological polar surface area (TPSA) is 77.1 Å². The second kappa shape index (κ2) is 7.59. The summed E-state index contributed by atoms with van der Waals surface area (Å²) in [5.41, 5.74) is 1.41. The number of carbonyl (C=O) groups is 1. The van der Waals surface area contributed by atoms with Gasteiger partial charge in [-0.05, 0) is 31.4 Å². The second-order valence-electron chi connectivity index (χ2n) is 5.30. The lowest BCUT2D eigenvalue weighted by molar-refractivity contribution is 0.0520. The van der Waals surface area contributed by atoms with E-state index < -0.39 is 5.97 Å². The van der Waals surface area contributed by atoms with Crippen LogP contribution in [0, 0.1) is 5.92 Å². The molecular formula is C16H21N3O3. The van der Waals surface area contributed by atoms with Gasteiger partial charge in [-0.25, -0.2) is 4.79 Å². The molecule has 0 saturated carbocycles. The first-order valence-corrected chi connectivity index (χ1v) is 7.43. The molecule has 0 saturated heterocycles. The van der Waals surface area contributed by atoms with Crippen molar-refractivity contribution in [2.45, 2.75) is 27.2 Å². The van der Waals surface area contributed by atoms with Crippen molar-refractivity contribution in [2.75, 3.05) is 13.2 Å². The number of nitrogens with one attached hydrogen (secondary N) is 1. The summed E-state index contributed by atoms with van der Waals surface area (Å²) in [5, 5.41) is 10.4. The van der Waals surface area contributed by atoms with Crippen LogP contribution in [0.4, 0.5) is 0 Å². The minimum Gasteiger partial charge on any atom is -0.494 e. The van der Waals surface area contributed by atoms with E-state index in [4.69, 9.17) is 9.47 Å². The van der Waals surface area contributed by atoms with Gasteiger partial charge in [0.15, 0.2) is 5.69 Å². The molecule has 118 valence electrons. The lowest BCUT2D eigenvalue weighted by atomic mass is 10.1. The summed E-state index contributed by atoms with van der Waals surface area (Å²) in [6.07, 6.45) is 0.988. The summed E-state index contributed by atoms with van der Waals surface area (Å²) in [5.74, 6) is 0.850. The summed E-state index contributed by atoms with van der Waals surface area (Å²) in [6.45, 7) is 7.01. The van der Waals surface area contributed by atoms with Crippen molar-refractivity contribution in [1.29, 1.82) is 0 Å². The molecule has 2 rings (SSSR count). The van der Waals surface area contributed by atoms with Crippen molar-refractivity contribution in [3.63, 3.8) is 0 Å². The maximum Gasteiger partial charge on any atom is 0.361 e. The zero-order chi connectivity index (χ0) is 15.9. The highest BCUT2D eigenvalue weighted by Crippen LogP contribution is 2.24. The van der Waals surface area contributed by atoms with E-state index in [9.17, 15) is 4.79 Å². The van der Waals surface area contributed by atoms with E-state index >= 15 is 0 Å². The van der Waals surface area contributed by atoms with Crippen LogP contribution in [0.3, 0.4) is 0 Å². The number of esters is 1. The van der Waals surface area contributed by atoms with Gasteiger partial charge in [-0.3, -0.25) is 0 Å². The molecular weight excluding hydrogens is 282 g/mol. The Morgan fingerprint density at radius 3 is 2.86 bits per heavy atom. The Kier molecular flexibility index (Phi) is 5.52. The molecule has 0 bridgehead atoms. The molecule has 6 nitrogen and oxygen atoms in total. The normalized spacial score (nSPS) is 10.7. The van der Waals surface area contributed by atoms with Crippen LogP contribution in [0.15, 0.2) is 24.3 Å². The van der Waals surface area contributed by atoms with Crippen LogP contribution in [-0.4, -0.2) is 34.6 Å². The summed E-state index contributed by atoms with van der Waals surface area (Å²) in [6, 6.07) is 7.45. The lowest BCUT2D eigenvalue weighted by Gasteiger charge is -2.09. The molecule has 0 fully saturated rings. The standard InChI is InChI=1S/C16H21N3O3/c1-4-21-16(20)15-14(17-19-18-15)12-6-5-7-13(10-12)22-9-8-11(2)3/h5-7,10-11H,4,8-9H2,1-3H3,(H,17,18,19). The zero-order valence-corrected chi connectivity index (χ0v) is 13.1. The molecule has 1 aromatic heterocycles. The summed E-state index contributed by atoms with van der Waals surface area (Å²) in [4.78, 5) is 11.9. The third-order valence-corrected chi connectivity index (χ3v) is 3.09. The van der Waals surface area contributed by atoms with Gasteiger partial charge in [-0.2, -0.15) is 10.3 Å². The van der Waals surface area contributed by atoms with Gasteiger partial charge in [0.25, 0.3) is 0 Å². The first-order chi connectivity index (χ1) is 10.6. The molecule has 1 heterocycles. The number of ether oxygens (including phenoxy) is 2.